The predicted molar refractivity (Wildman–Crippen MR) is 75.1 cm³/mol. The van der Waals surface area contributed by atoms with Crippen molar-refractivity contribution in [3.63, 3.8) is 0 Å². The molecule has 2 rings (SSSR count). The first-order valence-electron chi connectivity index (χ1n) is 6.37. The number of rotatable bonds is 4. The van der Waals surface area contributed by atoms with Gasteiger partial charge in [0.25, 0.3) is 0 Å². The van der Waals surface area contributed by atoms with E-state index in [1.54, 1.807) is 5.38 Å². The molecule has 0 saturated heterocycles. The van der Waals surface area contributed by atoms with Crippen LogP contribution < -0.4 is 10.5 Å². The van der Waals surface area contributed by atoms with Gasteiger partial charge in [-0.3, -0.25) is 0 Å². The van der Waals surface area contributed by atoms with Gasteiger partial charge >= 0.3 is 0 Å². The molecule has 1 heterocycles. The van der Waals surface area contributed by atoms with E-state index in [4.69, 9.17) is 5.73 Å². The van der Waals surface area contributed by atoms with Crippen LogP contribution in [0.15, 0.2) is 15.7 Å². The lowest BCUT2D eigenvalue weighted by Gasteiger charge is -2.28. The summed E-state index contributed by atoms with van der Waals surface area (Å²) >= 11 is 1.18. The number of hydrogen-bond donors (Lipinski definition) is 2. The molecule has 1 aromatic heterocycles. The van der Waals surface area contributed by atoms with Gasteiger partial charge in [0.2, 0.25) is 10.0 Å². The second-order valence-corrected chi connectivity index (χ2v) is 7.81. The van der Waals surface area contributed by atoms with Crippen LogP contribution in [0.4, 0.5) is 5.69 Å². The second kappa shape index (κ2) is 5.59. The van der Waals surface area contributed by atoms with Gasteiger partial charge < -0.3 is 5.73 Å². The largest absolute Gasteiger partial charge is 0.398 e. The molecule has 2 atom stereocenters. The molecule has 4 nitrogen and oxygen atoms in total. The number of nitrogens with two attached hydrogens (primary N) is 1. The number of nitrogens with one attached hydrogen (secondary N) is 1. The maximum absolute atomic E-state index is 12.2. The molecule has 1 aliphatic carbocycles. The molecule has 1 aromatic rings. The monoisotopic (exact) mass is 288 g/mol. The van der Waals surface area contributed by atoms with Crippen molar-refractivity contribution in [1.82, 2.24) is 4.72 Å². The third-order valence-corrected chi connectivity index (χ3v) is 6.52. The van der Waals surface area contributed by atoms with Crippen LogP contribution >= 0.6 is 11.3 Å². The van der Waals surface area contributed by atoms with Gasteiger partial charge in [-0.2, -0.15) is 0 Å². The first kappa shape index (κ1) is 13.8. The average Bonchev–Trinajstić information content (AvgIpc) is 2.76. The molecular weight excluding hydrogens is 268 g/mol. The Bertz CT molecular complexity index is 496. The lowest BCUT2D eigenvalue weighted by molar-refractivity contribution is 0.301. The van der Waals surface area contributed by atoms with E-state index < -0.39 is 10.0 Å². The van der Waals surface area contributed by atoms with Crippen molar-refractivity contribution >= 4 is 27.0 Å². The van der Waals surface area contributed by atoms with Crippen LogP contribution in [0.3, 0.4) is 0 Å². The first-order valence-corrected chi connectivity index (χ1v) is 8.74. The van der Waals surface area contributed by atoms with Crippen LogP contribution in [0.25, 0.3) is 0 Å². The first-order chi connectivity index (χ1) is 8.51. The van der Waals surface area contributed by atoms with Gasteiger partial charge in [-0.25, -0.2) is 13.1 Å². The lowest BCUT2D eigenvalue weighted by atomic mass is 9.85. The quantitative estimate of drug-likeness (QED) is 0.894. The Labute approximate surface area is 113 Å². The summed E-state index contributed by atoms with van der Waals surface area (Å²) in [4.78, 5) is 0. The Kier molecular flexibility index (Phi) is 4.29. The number of sulfonamides is 1. The lowest BCUT2D eigenvalue weighted by Crippen LogP contribution is -2.38. The fourth-order valence-electron chi connectivity index (χ4n) is 2.52. The van der Waals surface area contributed by atoms with Gasteiger partial charge in [-0.15, -0.1) is 11.3 Å². The summed E-state index contributed by atoms with van der Waals surface area (Å²) in [7, 11) is -3.38. The molecule has 3 N–H and O–H groups in total. The van der Waals surface area contributed by atoms with Crippen LogP contribution in [-0.4, -0.2) is 14.5 Å². The highest BCUT2D eigenvalue weighted by Gasteiger charge is 2.26. The molecule has 1 fully saturated rings. The minimum atomic E-state index is -3.38. The highest BCUT2D eigenvalue weighted by atomic mass is 32.2. The summed E-state index contributed by atoms with van der Waals surface area (Å²) in [5, 5.41) is 1.66. The summed E-state index contributed by atoms with van der Waals surface area (Å²) in [6.45, 7) is 2.17. The van der Waals surface area contributed by atoms with Crippen molar-refractivity contribution in [3.8, 4) is 0 Å². The molecule has 0 aromatic carbocycles. The van der Waals surface area contributed by atoms with Crippen molar-refractivity contribution in [1.29, 1.82) is 0 Å². The standard InChI is InChI=1S/C12H20N2O2S2/c1-2-9-4-3-5-11(6-9)14-18(15,16)12-7-10(13)8-17-12/h7-9,11,14H,2-6,13H2,1H3. The third kappa shape index (κ3) is 3.24. The van der Waals surface area contributed by atoms with Gasteiger partial charge in [0.05, 0.1) is 0 Å². The van der Waals surface area contributed by atoms with E-state index in [1.807, 2.05) is 0 Å². The number of anilines is 1. The second-order valence-electron chi connectivity index (χ2n) is 4.96. The SMILES string of the molecule is CCC1CCCC(NS(=O)(=O)c2cc(N)cs2)C1. The molecule has 1 aliphatic rings. The highest BCUT2D eigenvalue weighted by Crippen LogP contribution is 2.28. The summed E-state index contributed by atoms with van der Waals surface area (Å²) < 4.78 is 27.4. The maximum atomic E-state index is 12.2. The number of nitrogen functional groups attached to an aromatic ring is 1. The van der Waals surface area contributed by atoms with Gasteiger partial charge in [-0.05, 0) is 24.8 Å². The van der Waals surface area contributed by atoms with E-state index in [-0.39, 0.29) is 6.04 Å². The Morgan fingerprint density at radius 1 is 1.50 bits per heavy atom. The normalized spacial score (nSPS) is 25.2. The van der Waals surface area contributed by atoms with Gasteiger partial charge in [0.1, 0.15) is 4.21 Å². The van der Waals surface area contributed by atoms with E-state index in [0.29, 0.717) is 15.8 Å². The minimum absolute atomic E-state index is 0.0806. The number of thiophene rings is 1. The predicted octanol–water partition coefficient (Wildman–Crippen LogP) is 2.58. The fraction of sp³-hybridized carbons (Fsp3) is 0.667. The summed E-state index contributed by atoms with van der Waals surface area (Å²) in [6, 6.07) is 1.60. The van der Waals surface area contributed by atoms with Crippen LogP contribution in [0.2, 0.25) is 0 Å². The topological polar surface area (TPSA) is 72.2 Å². The van der Waals surface area contributed by atoms with Crippen LogP contribution in [0, 0.1) is 5.92 Å². The zero-order chi connectivity index (χ0) is 13.2. The van der Waals surface area contributed by atoms with Gasteiger partial charge in [0.15, 0.2) is 0 Å². The Balaban J connectivity index is 2.04. The van der Waals surface area contributed by atoms with Crippen LogP contribution in [0.1, 0.15) is 39.0 Å². The van der Waals surface area contributed by atoms with Crippen LogP contribution in [-0.2, 0) is 10.0 Å². The summed E-state index contributed by atoms with van der Waals surface area (Å²) in [5.74, 6) is 0.653. The van der Waals surface area contributed by atoms with Crippen molar-refractivity contribution < 1.29 is 8.42 Å². The molecule has 0 radical (unpaired) electrons. The number of hydrogen-bond acceptors (Lipinski definition) is 4. The van der Waals surface area contributed by atoms with Crippen molar-refractivity contribution in [2.45, 2.75) is 49.3 Å². The fourth-order valence-corrected chi connectivity index (χ4v) is 4.90. The van der Waals surface area contributed by atoms with E-state index in [2.05, 4.69) is 11.6 Å². The molecule has 2 unspecified atom stereocenters. The zero-order valence-corrected chi connectivity index (χ0v) is 12.2. The van der Waals surface area contributed by atoms with Crippen molar-refractivity contribution in [3.05, 3.63) is 11.4 Å². The third-order valence-electron chi connectivity index (χ3n) is 3.54. The van der Waals surface area contributed by atoms with Crippen molar-refractivity contribution in [2.75, 3.05) is 5.73 Å². The summed E-state index contributed by atoms with van der Waals surface area (Å²) in [5.41, 5.74) is 6.08. The minimum Gasteiger partial charge on any atom is -0.398 e. The van der Waals surface area contributed by atoms with Gasteiger partial charge in [-0.1, -0.05) is 26.2 Å². The molecule has 1 saturated carbocycles. The average molecular weight is 288 g/mol. The molecule has 0 bridgehead atoms. The zero-order valence-electron chi connectivity index (χ0n) is 10.6. The molecule has 0 amide bonds. The smallest absolute Gasteiger partial charge is 0.250 e. The van der Waals surface area contributed by atoms with Gasteiger partial charge in [0, 0.05) is 17.1 Å². The molecule has 6 heteroatoms. The van der Waals surface area contributed by atoms with E-state index in [1.165, 1.54) is 23.8 Å². The van der Waals surface area contributed by atoms with E-state index in [0.717, 1.165) is 25.7 Å². The van der Waals surface area contributed by atoms with E-state index >= 15 is 0 Å². The van der Waals surface area contributed by atoms with Crippen molar-refractivity contribution in [2.24, 2.45) is 5.92 Å². The molecular formula is C12H20N2O2S2. The van der Waals surface area contributed by atoms with E-state index in [9.17, 15) is 8.42 Å². The Hall–Kier alpha value is -0.590. The maximum Gasteiger partial charge on any atom is 0.250 e. The molecule has 0 aliphatic heterocycles. The molecule has 18 heavy (non-hydrogen) atoms. The summed E-state index contributed by atoms with van der Waals surface area (Å²) in [6.07, 6.45) is 5.36. The Morgan fingerprint density at radius 2 is 2.28 bits per heavy atom. The molecule has 0 spiro atoms. The Morgan fingerprint density at radius 3 is 2.89 bits per heavy atom. The van der Waals surface area contributed by atoms with Crippen LogP contribution in [0.5, 0.6) is 0 Å². The highest BCUT2D eigenvalue weighted by molar-refractivity contribution is 7.91. The molecule has 102 valence electrons.